The summed E-state index contributed by atoms with van der Waals surface area (Å²) in [6, 6.07) is 5.76. The molecule has 2 heterocycles. The molecule has 1 amide bonds. The standard InChI is InChI=1S/C16H20N2O2S/c1-2-18(10-13-5-3-4-8-20-13)16(19)12-6-7-15-14(9-12)17-11-21-15/h6-7,9,11,13H,2-5,8,10H2,1H3. The van der Waals surface area contributed by atoms with Gasteiger partial charge in [0.1, 0.15) is 0 Å². The third-order valence-corrected chi connectivity index (χ3v) is 4.75. The average molecular weight is 304 g/mol. The molecule has 21 heavy (non-hydrogen) atoms. The summed E-state index contributed by atoms with van der Waals surface area (Å²) >= 11 is 1.59. The molecule has 5 heteroatoms. The summed E-state index contributed by atoms with van der Waals surface area (Å²) in [7, 11) is 0. The summed E-state index contributed by atoms with van der Waals surface area (Å²) in [6.07, 6.45) is 3.57. The zero-order valence-electron chi connectivity index (χ0n) is 12.2. The number of ether oxygens (including phenoxy) is 1. The van der Waals surface area contributed by atoms with Crippen LogP contribution in [0.3, 0.4) is 0 Å². The van der Waals surface area contributed by atoms with Gasteiger partial charge in [0.25, 0.3) is 5.91 Å². The largest absolute Gasteiger partial charge is 0.376 e. The van der Waals surface area contributed by atoms with Crippen LogP contribution in [-0.4, -0.2) is 41.6 Å². The second kappa shape index (κ2) is 6.54. The number of benzene rings is 1. The number of nitrogens with zero attached hydrogens (tertiary/aromatic N) is 2. The Labute approximate surface area is 128 Å². The van der Waals surface area contributed by atoms with Gasteiger partial charge in [-0.25, -0.2) is 4.98 Å². The number of carbonyl (C=O) groups excluding carboxylic acids is 1. The fraction of sp³-hybridized carbons (Fsp3) is 0.500. The minimum Gasteiger partial charge on any atom is -0.376 e. The summed E-state index contributed by atoms with van der Waals surface area (Å²) in [5, 5.41) is 0. The first-order chi connectivity index (χ1) is 10.3. The Bertz CT molecular complexity index is 620. The van der Waals surface area contributed by atoms with Crippen molar-refractivity contribution in [1.29, 1.82) is 0 Å². The van der Waals surface area contributed by atoms with Crippen LogP contribution in [0.25, 0.3) is 10.2 Å². The molecule has 0 bridgehead atoms. The summed E-state index contributed by atoms with van der Waals surface area (Å²) in [6.45, 7) is 4.22. The first kappa shape index (κ1) is 14.5. The molecule has 1 aliphatic rings. The predicted octanol–water partition coefficient (Wildman–Crippen LogP) is 3.33. The Balaban J connectivity index is 1.74. The lowest BCUT2D eigenvalue weighted by Gasteiger charge is -2.29. The van der Waals surface area contributed by atoms with Crippen LogP contribution in [0, 0.1) is 0 Å². The molecule has 1 atom stereocenters. The molecule has 0 radical (unpaired) electrons. The number of likely N-dealkylation sites (N-methyl/N-ethyl adjacent to an activating group) is 1. The summed E-state index contributed by atoms with van der Waals surface area (Å²) in [4.78, 5) is 18.8. The van der Waals surface area contributed by atoms with Crippen LogP contribution >= 0.6 is 11.3 Å². The lowest BCUT2D eigenvalue weighted by atomic mass is 10.1. The summed E-state index contributed by atoms with van der Waals surface area (Å²) in [5.74, 6) is 0.0709. The molecule has 4 nitrogen and oxygen atoms in total. The molecule has 0 spiro atoms. The van der Waals surface area contributed by atoms with Gasteiger partial charge in [0.2, 0.25) is 0 Å². The van der Waals surface area contributed by atoms with Gasteiger partial charge >= 0.3 is 0 Å². The molecule has 0 aliphatic carbocycles. The van der Waals surface area contributed by atoms with Gasteiger partial charge in [-0.1, -0.05) is 0 Å². The minimum absolute atomic E-state index is 0.0709. The molecule has 2 aromatic rings. The van der Waals surface area contributed by atoms with Crippen molar-refractivity contribution in [3.05, 3.63) is 29.3 Å². The maximum Gasteiger partial charge on any atom is 0.254 e. The molecule has 1 fully saturated rings. The van der Waals surface area contributed by atoms with Gasteiger partial charge in [0.05, 0.1) is 21.8 Å². The van der Waals surface area contributed by atoms with E-state index in [2.05, 4.69) is 4.98 Å². The Hall–Kier alpha value is -1.46. The molecular formula is C16H20N2O2S. The van der Waals surface area contributed by atoms with Gasteiger partial charge < -0.3 is 9.64 Å². The lowest BCUT2D eigenvalue weighted by molar-refractivity contribution is -0.00311. The molecule has 112 valence electrons. The third-order valence-electron chi connectivity index (χ3n) is 3.94. The van der Waals surface area contributed by atoms with Crippen LogP contribution in [-0.2, 0) is 4.74 Å². The van der Waals surface area contributed by atoms with Crippen molar-refractivity contribution >= 4 is 27.5 Å². The van der Waals surface area contributed by atoms with Crippen LogP contribution in [0.2, 0.25) is 0 Å². The van der Waals surface area contributed by atoms with E-state index in [0.717, 1.165) is 29.7 Å². The van der Waals surface area contributed by atoms with E-state index in [-0.39, 0.29) is 12.0 Å². The number of carbonyl (C=O) groups is 1. The van der Waals surface area contributed by atoms with Crippen molar-refractivity contribution in [3.63, 3.8) is 0 Å². The first-order valence-electron chi connectivity index (χ1n) is 7.52. The number of hydrogen-bond acceptors (Lipinski definition) is 4. The van der Waals surface area contributed by atoms with E-state index in [1.807, 2.05) is 35.5 Å². The number of thiazole rings is 1. The highest BCUT2D eigenvalue weighted by Crippen LogP contribution is 2.20. The van der Waals surface area contributed by atoms with E-state index in [9.17, 15) is 4.79 Å². The maximum atomic E-state index is 12.7. The van der Waals surface area contributed by atoms with Gasteiger partial charge in [-0.05, 0) is 44.4 Å². The minimum atomic E-state index is 0.0709. The SMILES string of the molecule is CCN(CC1CCCCO1)C(=O)c1ccc2scnc2c1. The summed E-state index contributed by atoms with van der Waals surface area (Å²) in [5.41, 5.74) is 3.42. The molecule has 1 aromatic heterocycles. The number of aromatic nitrogens is 1. The molecule has 3 rings (SSSR count). The Morgan fingerprint density at radius 2 is 2.38 bits per heavy atom. The van der Waals surface area contributed by atoms with Gasteiger partial charge in [-0.3, -0.25) is 4.79 Å². The fourth-order valence-corrected chi connectivity index (χ4v) is 3.39. The van der Waals surface area contributed by atoms with Crippen molar-refractivity contribution in [1.82, 2.24) is 9.88 Å². The molecule has 0 N–H and O–H groups in total. The van der Waals surface area contributed by atoms with Gasteiger partial charge in [0.15, 0.2) is 0 Å². The predicted molar refractivity (Wildman–Crippen MR) is 84.8 cm³/mol. The molecule has 0 saturated carbocycles. The van der Waals surface area contributed by atoms with Crippen molar-refractivity contribution < 1.29 is 9.53 Å². The Morgan fingerprint density at radius 1 is 1.48 bits per heavy atom. The number of rotatable bonds is 4. The van der Waals surface area contributed by atoms with Crippen LogP contribution in [0.4, 0.5) is 0 Å². The van der Waals surface area contributed by atoms with E-state index < -0.39 is 0 Å². The lowest BCUT2D eigenvalue weighted by Crippen LogP contribution is -2.39. The van der Waals surface area contributed by atoms with Gasteiger partial charge in [-0.2, -0.15) is 0 Å². The monoisotopic (exact) mass is 304 g/mol. The van der Waals surface area contributed by atoms with E-state index in [4.69, 9.17) is 4.74 Å². The van der Waals surface area contributed by atoms with Crippen LogP contribution in [0.15, 0.2) is 23.7 Å². The fourth-order valence-electron chi connectivity index (χ4n) is 2.73. The van der Waals surface area contributed by atoms with Crippen LogP contribution in [0.1, 0.15) is 36.5 Å². The van der Waals surface area contributed by atoms with Crippen molar-refractivity contribution in [2.45, 2.75) is 32.3 Å². The zero-order chi connectivity index (χ0) is 14.7. The smallest absolute Gasteiger partial charge is 0.254 e. The first-order valence-corrected chi connectivity index (χ1v) is 8.40. The molecule has 1 saturated heterocycles. The quantitative estimate of drug-likeness (QED) is 0.870. The van der Waals surface area contributed by atoms with Gasteiger partial charge in [-0.15, -0.1) is 11.3 Å². The highest BCUT2D eigenvalue weighted by Gasteiger charge is 2.21. The van der Waals surface area contributed by atoms with E-state index in [1.54, 1.807) is 11.3 Å². The maximum absolute atomic E-state index is 12.7. The molecule has 1 unspecified atom stereocenters. The zero-order valence-corrected chi connectivity index (χ0v) is 13.1. The topological polar surface area (TPSA) is 42.4 Å². The second-order valence-corrected chi connectivity index (χ2v) is 6.25. The second-order valence-electron chi connectivity index (χ2n) is 5.37. The highest BCUT2D eigenvalue weighted by atomic mass is 32.1. The van der Waals surface area contributed by atoms with Crippen LogP contribution in [0.5, 0.6) is 0 Å². The normalized spacial score (nSPS) is 18.8. The van der Waals surface area contributed by atoms with E-state index >= 15 is 0 Å². The van der Waals surface area contributed by atoms with E-state index in [0.29, 0.717) is 18.7 Å². The average Bonchev–Trinajstić information content (AvgIpc) is 3.00. The Kier molecular flexibility index (Phi) is 4.51. The van der Waals surface area contributed by atoms with Crippen molar-refractivity contribution in [2.75, 3.05) is 19.7 Å². The molecule has 1 aliphatic heterocycles. The van der Waals surface area contributed by atoms with Crippen LogP contribution < -0.4 is 0 Å². The number of hydrogen-bond donors (Lipinski definition) is 0. The van der Waals surface area contributed by atoms with Crippen molar-refractivity contribution in [3.8, 4) is 0 Å². The number of fused-ring (bicyclic) bond motifs is 1. The van der Waals surface area contributed by atoms with Crippen molar-refractivity contribution in [2.24, 2.45) is 0 Å². The van der Waals surface area contributed by atoms with E-state index in [1.165, 1.54) is 6.42 Å². The third kappa shape index (κ3) is 3.24. The summed E-state index contributed by atoms with van der Waals surface area (Å²) < 4.78 is 6.87. The van der Waals surface area contributed by atoms with Gasteiger partial charge in [0, 0.05) is 25.3 Å². The molecular weight excluding hydrogens is 284 g/mol. The number of amides is 1. The Morgan fingerprint density at radius 3 is 3.14 bits per heavy atom. The molecule has 1 aromatic carbocycles. The highest BCUT2D eigenvalue weighted by molar-refractivity contribution is 7.16.